The molecule has 0 aliphatic rings. The molecule has 0 fully saturated rings. The first-order chi connectivity index (χ1) is 47.7. The van der Waals surface area contributed by atoms with Gasteiger partial charge in [-0.3, -0.25) is 37.3 Å². The lowest BCUT2D eigenvalue weighted by atomic mass is 10.0. The summed E-state index contributed by atoms with van der Waals surface area (Å²) in [5, 5.41) is 10.6. The molecule has 19 heteroatoms. The maximum absolute atomic E-state index is 13.1. The Morgan fingerprint density at radius 3 is 0.687 bits per heavy atom. The number of unbranched alkanes of at least 4 members (excludes halogenated alkanes) is 46. The molecule has 0 saturated heterocycles. The topological polar surface area (TPSA) is 237 Å². The summed E-state index contributed by atoms with van der Waals surface area (Å²) >= 11 is 0. The van der Waals surface area contributed by atoms with Crippen LogP contribution in [0.5, 0.6) is 0 Å². The van der Waals surface area contributed by atoms with Crippen LogP contribution < -0.4 is 0 Å². The number of rotatable bonds is 78. The van der Waals surface area contributed by atoms with Crippen molar-refractivity contribution in [1.29, 1.82) is 0 Å². The fourth-order valence-electron chi connectivity index (χ4n) is 12.3. The normalized spacial score (nSPS) is 14.0. The minimum atomic E-state index is -4.96. The Bertz CT molecular complexity index is 1920. The van der Waals surface area contributed by atoms with Gasteiger partial charge in [0.15, 0.2) is 12.2 Å². The summed E-state index contributed by atoms with van der Waals surface area (Å²) in [6.07, 6.45) is 58.8. The quantitative estimate of drug-likeness (QED) is 0.0222. The van der Waals surface area contributed by atoms with Crippen LogP contribution in [0.25, 0.3) is 0 Å². The van der Waals surface area contributed by atoms with E-state index < -0.39 is 97.5 Å². The SMILES string of the molecule is CCCCCCCC(=O)OC[C@H](COP(=O)(O)OC[C@H](O)COP(=O)(O)OC[C@@H](COC(=O)CCCCCCCCCCCCCCCCCCC(C)C)OC(=O)CCCCCCCCCCCCCCCCCCCCC(C)C)OC(=O)CCCCCCCCCCCCCC(C)C. The third-order valence-electron chi connectivity index (χ3n) is 18.6. The number of carbonyl (C=O) groups is 4. The van der Waals surface area contributed by atoms with E-state index in [1.165, 1.54) is 218 Å². The summed E-state index contributed by atoms with van der Waals surface area (Å²) in [6, 6.07) is 0. The van der Waals surface area contributed by atoms with E-state index in [9.17, 15) is 43.2 Å². The number of phosphoric acid groups is 2. The van der Waals surface area contributed by atoms with E-state index in [-0.39, 0.29) is 25.7 Å². The lowest BCUT2D eigenvalue weighted by molar-refractivity contribution is -0.161. The van der Waals surface area contributed by atoms with E-state index in [0.29, 0.717) is 25.7 Å². The standard InChI is InChI=1S/C80H156O17P2/c1-8-9-10-44-54-61-77(82)90-67-75(96-79(84)64-57-50-43-37-31-25-28-34-40-47-53-60-73(6)7)69-94-98(86,87)92-65-74(81)66-93-99(88,89)95-70-76(68-91-78(83)62-55-48-41-35-29-23-19-16-15-18-22-27-33-39-46-52-59-72(4)5)97-80(85)63-56-49-42-36-30-24-20-14-12-11-13-17-21-26-32-38-45-51-58-71(2)3/h71-76,81H,8-70H2,1-7H3,(H,86,87)(H,88,89)/t74-,75+,76+/m0/s1. The number of ether oxygens (including phenoxy) is 4. The second kappa shape index (κ2) is 70.4. The summed E-state index contributed by atoms with van der Waals surface area (Å²) in [7, 11) is -9.91. The van der Waals surface area contributed by atoms with Gasteiger partial charge in [0, 0.05) is 25.7 Å². The molecule has 0 aromatic carbocycles. The van der Waals surface area contributed by atoms with Gasteiger partial charge >= 0.3 is 39.5 Å². The number of carbonyl (C=O) groups excluding carboxylic acids is 4. The molecule has 0 bridgehead atoms. The predicted octanol–water partition coefficient (Wildman–Crippen LogP) is 23.7. The smallest absolute Gasteiger partial charge is 0.462 e. The monoisotopic (exact) mass is 1450 g/mol. The Hall–Kier alpha value is -1.94. The van der Waals surface area contributed by atoms with Gasteiger partial charge < -0.3 is 33.8 Å². The minimum absolute atomic E-state index is 0.106. The Morgan fingerprint density at radius 2 is 0.465 bits per heavy atom. The first kappa shape index (κ1) is 97.1. The highest BCUT2D eigenvalue weighted by Crippen LogP contribution is 2.45. The first-order valence-corrected chi connectivity index (χ1v) is 44.3. The van der Waals surface area contributed by atoms with Crippen LogP contribution in [0.2, 0.25) is 0 Å². The summed E-state index contributed by atoms with van der Waals surface area (Å²) in [5.41, 5.74) is 0. The molecule has 5 atom stereocenters. The second-order valence-electron chi connectivity index (χ2n) is 30.2. The zero-order valence-corrected chi connectivity index (χ0v) is 66.8. The molecule has 0 saturated carbocycles. The fraction of sp³-hybridized carbons (Fsp3) is 0.950. The zero-order chi connectivity index (χ0) is 73.0. The van der Waals surface area contributed by atoms with E-state index in [4.69, 9.17) is 37.0 Å². The summed E-state index contributed by atoms with van der Waals surface area (Å²) < 4.78 is 68.4. The lowest BCUT2D eigenvalue weighted by Gasteiger charge is -2.21. The molecule has 588 valence electrons. The Balaban J connectivity index is 5.12. The molecule has 0 aromatic rings. The van der Waals surface area contributed by atoms with Crippen LogP contribution in [0.15, 0.2) is 0 Å². The number of phosphoric ester groups is 2. The molecular weight excluding hydrogens is 1290 g/mol. The van der Waals surface area contributed by atoms with Crippen molar-refractivity contribution in [2.24, 2.45) is 17.8 Å². The van der Waals surface area contributed by atoms with Gasteiger partial charge in [-0.2, -0.15) is 0 Å². The van der Waals surface area contributed by atoms with Gasteiger partial charge in [-0.05, 0) is 43.4 Å². The number of hydrogen-bond acceptors (Lipinski definition) is 15. The highest BCUT2D eigenvalue weighted by molar-refractivity contribution is 7.47. The molecule has 0 heterocycles. The molecule has 17 nitrogen and oxygen atoms in total. The molecule has 0 aromatic heterocycles. The molecule has 3 N–H and O–H groups in total. The van der Waals surface area contributed by atoms with Gasteiger partial charge in [0.1, 0.15) is 19.3 Å². The van der Waals surface area contributed by atoms with Crippen LogP contribution in [0.1, 0.15) is 414 Å². The van der Waals surface area contributed by atoms with Crippen molar-refractivity contribution < 1.29 is 80.2 Å². The van der Waals surface area contributed by atoms with E-state index in [1.807, 2.05) is 0 Å². The van der Waals surface area contributed by atoms with Crippen molar-refractivity contribution in [2.45, 2.75) is 433 Å². The highest BCUT2D eigenvalue weighted by atomic mass is 31.2. The molecule has 0 aliphatic carbocycles. The number of aliphatic hydroxyl groups excluding tert-OH is 1. The minimum Gasteiger partial charge on any atom is -0.462 e. The van der Waals surface area contributed by atoms with Crippen molar-refractivity contribution in [2.75, 3.05) is 39.6 Å². The lowest BCUT2D eigenvalue weighted by Crippen LogP contribution is -2.30. The van der Waals surface area contributed by atoms with E-state index in [1.54, 1.807) is 0 Å². The average Bonchev–Trinajstić information content (AvgIpc) is 0.979. The summed E-state index contributed by atoms with van der Waals surface area (Å²) in [6.45, 7) is 11.9. The first-order valence-electron chi connectivity index (χ1n) is 41.3. The number of esters is 4. The Kier molecular flexibility index (Phi) is 69.0. The molecule has 0 rings (SSSR count). The molecule has 0 radical (unpaired) electrons. The molecular formula is C80H156O17P2. The Morgan fingerprint density at radius 1 is 0.273 bits per heavy atom. The molecule has 0 amide bonds. The van der Waals surface area contributed by atoms with Crippen LogP contribution in [0.3, 0.4) is 0 Å². The predicted molar refractivity (Wildman–Crippen MR) is 405 cm³/mol. The second-order valence-corrected chi connectivity index (χ2v) is 33.1. The van der Waals surface area contributed by atoms with Gasteiger partial charge in [-0.1, -0.05) is 363 Å². The number of aliphatic hydroxyl groups is 1. The van der Waals surface area contributed by atoms with Gasteiger partial charge in [0.25, 0.3) is 0 Å². The van der Waals surface area contributed by atoms with Crippen LogP contribution in [-0.4, -0.2) is 96.7 Å². The molecule has 99 heavy (non-hydrogen) atoms. The highest BCUT2D eigenvalue weighted by Gasteiger charge is 2.30. The maximum Gasteiger partial charge on any atom is 0.472 e. The largest absolute Gasteiger partial charge is 0.472 e. The van der Waals surface area contributed by atoms with E-state index in [2.05, 4.69) is 48.5 Å². The van der Waals surface area contributed by atoms with Crippen molar-refractivity contribution in [1.82, 2.24) is 0 Å². The van der Waals surface area contributed by atoms with Gasteiger partial charge in [-0.25, -0.2) is 9.13 Å². The van der Waals surface area contributed by atoms with Crippen molar-refractivity contribution in [3.63, 3.8) is 0 Å². The van der Waals surface area contributed by atoms with E-state index in [0.717, 1.165) is 114 Å². The van der Waals surface area contributed by atoms with Gasteiger partial charge in [0.2, 0.25) is 0 Å². The molecule has 0 aliphatic heterocycles. The van der Waals surface area contributed by atoms with Crippen molar-refractivity contribution >= 4 is 39.5 Å². The van der Waals surface area contributed by atoms with Gasteiger partial charge in [-0.15, -0.1) is 0 Å². The summed E-state index contributed by atoms with van der Waals surface area (Å²) in [4.78, 5) is 72.7. The van der Waals surface area contributed by atoms with Crippen LogP contribution in [0, 0.1) is 17.8 Å². The van der Waals surface area contributed by atoms with Crippen LogP contribution in [-0.2, 0) is 65.4 Å². The Labute approximate surface area is 607 Å². The van der Waals surface area contributed by atoms with E-state index >= 15 is 0 Å². The van der Waals surface area contributed by atoms with Crippen molar-refractivity contribution in [3.05, 3.63) is 0 Å². The fourth-order valence-corrected chi connectivity index (χ4v) is 13.9. The number of hydrogen-bond donors (Lipinski definition) is 3. The zero-order valence-electron chi connectivity index (χ0n) is 65.0. The molecule has 0 spiro atoms. The van der Waals surface area contributed by atoms with Crippen LogP contribution >= 0.6 is 15.6 Å². The summed E-state index contributed by atoms with van der Waals surface area (Å²) in [5.74, 6) is 0.275. The van der Waals surface area contributed by atoms with Crippen molar-refractivity contribution in [3.8, 4) is 0 Å². The van der Waals surface area contributed by atoms with Crippen LogP contribution in [0.4, 0.5) is 0 Å². The third kappa shape index (κ3) is 74.1. The maximum atomic E-state index is 13.1. The molecule has 2 unspecified atom stereocenters. The third-order valence-corrected chi connectivity index (χ3v) is 20.5. The average molecular weight is 1450 g/mol. The van der Waals surface area contributed by atoms with Gasteiger partial charge in [0.05, 0.1) is 26.4 Å².